The van der Waals surface area contributed by atoms with E-state index in [4.69, 9.17) is 11.6 Å². The number of nitrogens with one attached hydrogen (secondary N) is 1. The molecule has 0 radical (unpaired) electrons. The van der Waals surface area contributed by atoms with Crippen LogP contribution in [0.3, 0.4) is 0 Å². The van der Waals surface area contributed by atoms with E-state index in [1.165, 1.54) is 11.3 Å². The Labute approximate surface area is 174 Å². The van der Waals surface area contributed by atoms with Gasteiger partial charge >= 0.3 is 0 Å². The van der Waals surface area contributed by atoms with E-state index in [2.05, 4.69) is 20.6 Å². The van der Waals surface area contributed by atoms with Crippen molar-refractivity contribution < 1.29 is 4.79 Å². The maximum Gasteiger partial charge on any atom is 0.265 e. The lowest BCUT2D eigenvalue weighted by Gasteiger charge is -2.07. The van der Waals surface area contributed by atoms with Crippen LogP contribution >= 0.6 is 22.9 Å². The van der Waals surface area contributed by atoms with E-state index in [-0.39, 0.29) is 5.91 Å². The second-order valence-electron chi connectivity index (χ2n) is 6.53. The normalized spacial score (nSPS) is 11.2. The molecular formula is C21H14ClN5OS. The molecule has 0 aliphatic carbocycles. The van der Waals surface area contributed by atoms with Gasteiger partial charge in [-0.05, 0) is 31.2 Å². The highest BCUT2D eigenvalue weighted by atomic mass is 35.5. The van der Waals surface area contributed by atoms with Crippen LogP contribution in [0.15, 0.2) is 60.7 Å². The van der Waals surface area contributed by atoms with Gasteiger partial charge in [0, 0.05) is 22.0 Å². The fourth-order valence-electron chi connectivity index (χ4n) is 3.28. The van der Waals surface area contributed by atoms with Gasteiger partial charge < -0.3 is 5.32 Å². The number of hydrogen-bond donors (Lipinski definition) is 1. The third-order valence-corrected chi connectivity index (χ3v) is 5.85. The summed E-state index contributed by atoms with van der Waals surface area (Å²) in [5, 5.41) is 18.3. The zero-order valence-electron chi connectivity index (χ0n) is 15.3. The van der Waals surface area contributed by atoms with Crippen molar-refractivity contribution in [2.45, 2.75) is 6.92 Å². The van der Waals surface area contributed by atoms with Crippen molar-refractivity contribution >= 4 is 51.0 Å². The van der Waals surface area contributed by atoms with E-state index in [0.29, 0.717) is 26.4 Å². The Morgan fingerprint density at radius 2 is 1.86 bits per heavy atom. The molecule has 8 heteroatoms. The first-order valence-electron chi connectivity index (χ1n) is 8.88. The van der Waals surface area contributed by atoms with Crippen LogP contribution in [0.2, 0.25) is 4.34 Å². The van der Waals surface area contributed by atoms with Crippen LogP contribution in [0.1, 0.15) is 15.4 Å². The Morgan fingerprint density at radius 1 is 1.03 bits per heavy atom. The summed E-state index contributed by atoms with van der Waals surface area (Å²) in [6, 6.07) is 18.9. The molecule has 0 fully saturated rings. The Morgan fingerprint density at radius 3 is 2.66 bits per heavy atom. The molecule has 3 heterocycles. The van der Waals surface area contributed by atoms with Crippen molar-refractivity contribution in [1.82, 2.24) is 19.8 Å². The molecule has 0 saturated heterocycles. The number of aryl methyl sites for hydroxylation is 1. The lowest BCUT2D eigenvalue weighted by molar-refractivity contribution is 0.103. The van der Waals surface area contributed by atoms with Gasteiger partial charge in [-0.2, -0.15) is 9.61 Å². The summed E-state index contributed by atoms with van der Waals surface area (Å²) in [7, 11) is 0. The van der Waals surface area contributed by atoms with Crippen molar-refractivity contribution in [3.63, 3.8) is 0 Å². The number of amides is 1. The van der Waals surface area contributed by atoms with Crippen molar-refractivity contribution in [2.24, 2.45) is 0 Å². The minimum absolute atomic E-state index is 0.204. The average molecular weight is 420 g/mol. The number of nitrogens with zero attached hydrogens (tertiary/aromatic N) is 4. The number of carbonyl (C=O) groups excluding carboxylic acids is 1. The first-order chi connectivity index (χ1) is 14.1. The van der Waals surface area contributed by atoms with Gasteiger partial charge in [-0.25, -0.2) is 0 Å². The SMILES string of the molecule is Cc1nn2c(-c3cccc(NC(=O)c4ccc(Cl)s4)c3)nnc2c2ccccc12. The van der Waals surface area contributed by atoms with Crippen molar-refractivity contribution in [3.8, 4) is 11.4 Å². The molecule has 0 aliphatic heterocycles. The molecular weight excluding hydrogens is 406 g/mol. The van der Waals surface area contributed by atoms with Gasteiger partial charge in [0.15, 0.2) is 11.5 Å². The van der Waals surface area contributed by atoms with E-state index in [0.717, 1.165) is 22.0 Å². The molecule has 5 rings (SSSR count). The first-order valence-corrected chi connectivity index (χ1v) is 10.1. The Balaban J connectivity index is 1.55. The topological polar surface area (TPSA) is 72.2 Å². The summed E-state index contributed by atoms with van der Waals surface area (Å²) in [4.78, 5) is 13.0. The highest BCUT2D eigenvalue weighted by Crippen LogP contribution is 2.27. The van der Waals surface area contributed by atoms with Crippen molar-refractivity contribution in [3.05, 3.63) is 75.6 Å². The van der Waals surface area contributed by atoms with Gasteiger partial charge in [-0.15, -0.1) is 21.5 Å². The van der Waals surface area contributed by atoms with Gasteiger partial charge in [0.05, 0.1) is 14.9 Å². The maximum atomic E-state index is 12.4. The Kier molecular flexibility index (Phi) is 4.26. The molecule has 142 valence electrons. The summed E-state index contributed by atoms with van der Waals surface area (Å²) in [6.07, 6.45) is 0. The van der Waals surface area contributed by atoms with E-state index >= 15 is 0 Å². The summed E-state index contributed by atoms with van der Waals surface area (Å²) < 4.78 is 2.32. The molecule has 5 aromatic rings. The summed E-state index contributed by atoms with van der Waals surface area (Å²) in [5.74, 6) is 0.411. The van der Waals surface area contributed by atoms with Gasteiger partial charge in [0.25, 0.3) is 5.91 Å². The van der Waals surface area contributed by atoms with Gasteiger partial charge in [0.1, 0.15) is 0 Å². The fraction of sp³-hybridized carbons (Fsp3) is 0.0476. The number of carbonyl (C=O) groups is 1. The molecule has 0 unspecified atom stereocenters. The van der Waals surface area contributed by atoms with Crippen LogP contribution in [0, 0.1) is 6.92 Å². The van der Waals surface area contributed by atoms with Crippen molar-refractivity contribution in [1.29, 1.82) is 0 Å². The van der Waals surface area contributed by atoms with Gasteiger partial charge in [-0.1, -0.05) is 48.0 Å². The first kappa shape index (κ1) is 17.8. The zero-order valence-corrected chi connectivity index (χ0v) is 16.8. The quantitative estimate of drug-likeness (QED) is 0.435. The Hall–Kier alpha value is -3.29. The predicted octanol–water partition coefficient (Wildman–Crippen LogP) is 5.22. The summed E-state index contributed by atoms with van der Waals surface area (Å²) in [6.45, 7) is 1.97. The molecule has 0 saturated carbocycles. The minimum Gasteiger partial charge on any atom is -0.321 e. The molecule has 1 N–H and O–H groups in total. The molecule has 29 heavy (non-hydrogen) atoms. The highest BCUT2D eigenvalue weighted by molar-refractivity contribution is 7.18. The van der Waals surface area contributed by atoms with Crippen LogP contribution in [0.4, 0.5) is 5.69 Å². The minimum atomic E-state index is -0.204. The fourth-order valence-corrected chi connectivity index (χ4v) is 4.22. The molecule has 1 amide bonds. The standard InChI is InChI=1S/C21H14ClN5OS/c1-12-15-7-2-3-8-16(15)20-25-24-19(27(20)26-12)13-5-4-6-14(11-13)23-21(28)17-9-10-18(22)29-17/h2-11H,1H3,(H,23,28). The number of hydrogen-bond acceptors (Lipinski definition) is 5. The van der Waals surface area contributed by atoms with Crippen molar-refractivity contribution in [2.75, 3.05) is 5.32 Å². The molecule has 0 atom stereocenters. The van der Waals surface area contributed by atoms with Gasteiger partial charge in [0.2, 0.25) is 0 Å². The smallest absolute Gasteiger partial charge is 0.265 e. The van der Waals surface area contributed by atoms with E-state index in [9.17, 15) is 4.79 Å². The number of rotatable bonds is 3. The monoisotopic (exact) mass is 419 g/mol. The third kappa shape index (κ3) is 3.14. The second kappa shape index (κ2) is 6.95. The van der Waals surface area contributed by atoms with Crippen LogP contribution in [0.25, 0.3) is 27.8 Å². The van der Waals surface area contributed by atoms with Crippen LogP contribution in [0.5, 0.6) is 0 Å². The number of fused-ring (bicyclic) bond motifs is 3. The van der Waals surface area contributed by atoms with E-state index in [1.54, 1.807) is 16.6 Å². The number of benzene rings is 2. The number of aromatic nitrogens is 4. The molecule has 6 nitrogen and oxygen atoms in total. The number of anilines is 1. The second-order valence-corrected chi connectivity index (χ2v) is 8.24. The molecule has 3 aromatic heterocycles. The third-order valence-electron chi connectivity index (χ3n) is 4.62. The van der Waals surface area contributed by atoms with Crippen LogP contribution < -0.4 is 5.32 Å². The van der Waals surface area contributed by atoms with E-state index in [1.807, 2.05) is 55.5 Å². The summed E-state index contributed by atoms with van der Waals surface area (Å²) in [5.41, 5.74) is 3.06. The molecule has 0 spiro atoms. The summed E-state index contributed by atoms with van der Waals surface area (Å²) >= 11 is 7.16. The average Bonchev–Trinajstić information content (AvgIpc) is 3.35. The van der Waals surface area contributed by atoms with Gasteiger partial charge in [-0.3, -0.25) is 4.79 Å². The molecule has 2 aromatic carbocycles. The molecule has 0 aliphatic rings. The molecule has 0 bridgehead atoms. The van der Waals surface area contributed by atoms with E-state index < -0.39 is 0 Å². The van der Waals surface area contributed by atoms with Crippen LogP contribution in [-0.4, -0.2) is 25.7 Å². The highest BCUT2D eigenvalue weighted by Gasteiger charge is 2.15. The zero-order chi connectivity index (χ0) is 20.0. The Bertz CT molecular complexity index is 1390. The number of thiophene rings is 1. The lowest BCUT2D eigenvalue weighted by atomic mass is 10.1. The maximum absolute atomic E-state index is 12.4. The largest absolute Gasteiger partial charge is 0.321 e. The number of halogens is 1. The lowest BCUT2D eigenvalue weighted by Crippen LogP contribution is -2.10. The van der Waals surface area contributed by atoms with Crippen LogP contribution in [-0.2, 0) is 0 Å². The predicted molar refractivity (Wildman–Crippen MR) is 116 cm³/mol.